The number of aromatic hydroxyl groups is 2. The SMILES string of the molecule is Nc1ccccc1S.O=C(Cl)CCCCBr.O=C1C(C2=C3Sc4ccccc4N3CCC2)=C([O-])/C1=C1/CCC[n+]2c1sc1ccccc12.O=c1c(O)c(O)c1=O.[Br-].[I-].c1ccc2c(c1)sc1[n+]2CCCC1.c1ccncc1. The van der Waals surface area contributed by atoms with Gasteiger partial charge < -0.3 is 66.9 Å². The van der Waals surface area contributed by atoms with Gasteiger partial charge in [0.2, 0.25) is 32.8 Å². The molecule has 0 atom stereocenters. The van der Waals surface area contributed by atoms with E-state index in [1.807, 2.05) is 65.9 Å². The maximum atomic E-state index is 13.5. The van der Waals surface area contributed by atoms with Crippen LogP contribution in [0.1, 0.15) is 67.8 Å². The number of aryl methyl sites for hydroxylation is 3. The third-order valence-corrected chi connectivity index (χ3v) is 17.5. The smallest absolute Gasteiger partial charge is 0.275 e. The number of alkyl halides is 1. The molecule has 1 aliphatic carbocycles. The molecule has 7 heterocycles. The van der Waals surface area contributed by atoms with E-state index in [4.69, 9.17) is 27.5 Å². The van der Waals surface area contributed by atoms with Gasteiger partial charge in [0, 0.05) is 94.3 Å². The molecule has 0 amide bonds. The van der Waals surface area contributed by atoms with Crippen LogP contribution in [0.5, 0.6) is 11.5 Å². The Balaban J connectivity index is 0.000000175. The second kappa shape index (κ2) is 29.4. The summed E-state index contributed by atoms with van der Waals surface area (Å²) < 4.78 is 7.43. The average molecular weight is 1370 g/mol. The molecule has 3 aromatic heterocycles. The topological polar surface area (TPSA) is 182 Å². The van der Waals surface area contributed by atoms with Gasteiger partial charge in [0.05, 0.1) is 10.7 Å². The maximum absolute atomic E-state index is 13.5. The second-order valence-corrected chi connectivity index (χ2v) is 22.5. The van der Waals surface area contributed by atoms with Gasteiger partial charge in [-0.3, -0.25) is 24.2 Å². The fourth-order valence-corrected chi connectivity index (χ4v) is 13.4. The summed E-state index contributed by atoms with van der Waals surface area (Å²) in [4.78, 5) is 51.6. The molecule has 4 aliphatic heterocycles. The Morgan fingerprint density at radius 3 is 1.95 bits per heavy atom. The number of aromatic nitrogens is 3. The van der Waals surface area contributed by atoms with Crippen molar-refractivity contribution < 1.29 is 75.0 Å². The maximum Gasteiger partial charge on any atom is 0.275 e. The van der Waals surface area contributed by atoms with E-state index >= 15 is 0 Å². The van der Waals surface area contributed by atoms with Gasteiger partial charge in [-0.2, -0.15) is 9.13 Å². The summed E-state index contributed by atoms with van der Waals surface area (Å²) in [5.74, 6) is -1.74. The highest BCUT2D eigenvalue weighted by Crippen LogP contribution is 2.53. The van der Waals surface area contributed by atoms with E-state index in [1.165, 1.54) is 56.8 Å². The first-order valence-corrected chi connectivity index (χ1v) is 28.9. The van der Waals surface area contributed by atoms with Crippen molar-refractivity contribution in [2.24, 2.45) is 0 Å². The van der Waals surface area contributed by atoms with Gasteiger partial charge in [0.25, 0.3) is 15.9 Å². The van der Waals surface area contributed by atoms with Gasteiger partial charge in [-0.1, -0.05) is 111 Å². The Bertz CT molecular complexity index is 3470. The molecule has 4 N–H and O–H groups in total. The number of thiol groups is 1. The predicted octanol–water partition coefficient (Wildman–Crippen LogP) is 4.73. The summed E-state index contributed by atoms with van der Waals surface area (Å²) in [6.07, 6.45) is 13.4. The molecule has 20 heteroatoms. The standard InChI is InChI=1S/C26H20N2O2S2.C11H12NS.C6H7NS.C5H8BrClO.C5H5N.C4H2O4.BrH.HI/c29-23-21(15-7-5-13-27-17-9-1-3-11-19(17)31-25(15)27)24(30)22(23)16-8-6-14-28-18-10-2-4-12-20(18)32-26(16)28;1-2-6-10-9(5-1)12-8-4-3-7-11(12)13-10;7-5-3-1-2-4-6(5)8;6-4-2-1-3-5(7)8;1-2-4-6-5-3-1;5-1-2(6)4(8)3(1)7;;/h1-4,9-12H,5-8,13-14H2;1-2,5-6H,3-4,7-8H2;1-4,8H,7H2;1-4H2;1-5H;5-6H;2*1H/q;+1;;;;;;/p-2. The van der Waals surface area contributed by atoms with Crippen molar-refractivity contribution in [3.8, 4) is 11.5 Å². The van der Waals surface area contributed by atoms with Crippen LogP contribution in [0.15, 0.2) is 175 Å². The Morgan fingerprint density at radius 2 is 1.35 bits per heavy atom. The number of unbranched alkanes of at least 4 members (excludes halogenated alkanes) is 1. The molecule has 0 saturated heterocycles. The lowest BCUT2D eigenvalue weighted by Crippen LogP contribution is -3.00. The number of benzene rings is 4. The van der Waals surface area contributed by atoms with Crippen LogP contribution >= 0.6 is 74.6 Å². The number of Topliss-reactive ketones (excluding diaryl/α,β-unsaturated/α-hetero) is 1. The average Bonchev–Trinajstić information content (AvgIpc) is 4.18. The number of para-hydroxylation sites is 4. The number of pyridine rings is 1. The highest BCUT2D eigenvalue weighted by atomic mass is 127. The van der Waals surface area contributed by atoms with Gasteiger partial charge in [0.15, 0.2) is 12.3 Å². The van der Waals surface area contributed by atoms with Crippen LogP contribution in [-0.4, -0.2) is 38.1 Å². The summed E-state index contributed by atoms with van der Waals surface area (Å²) >= 11 is 17.7. The van der Waals surface area contributed by atoms with Crippen molar-refractivity contribution in [2.75, 3.05) is 22.5 Å². The van der Waals surface area contributed by atoms with Crippen molar-refractivity contribution in [3.63, 3.8) is 0 Å². The number of ketones is 1. The summed E-state index contributed by atoms with van der Waals surface area (Å²) in [5.41, 5.74) is 10.8. The van der Waals surface area contributed by atoms with Gasteiger partial charge in [0.1, 0.15) is 15.9 Å². The summed E-state index contributed by atoms with van der Waals surface area (Å²) in [6, 6.07) is 38.6. The lowest BCUT2D eigenvalue weighted by molar-refractivity contribution is -0.679. The number of thioether (sulfide) groups is 1. The van der Waals surface area contributed by atoms with Crippen LogP contribution in [0.4, 0.5) is 11.4 Å². The summed E-state index contributed by atoms with van der Waals surface area (Å²) in [6.45, 7) is 3.10. The number of hydrogen-bond donors (Lipinski definition) is 4. The molecule has 0 unspecified atom stereocenters. The lowest BCUT2D eigenvalue weighted by atomic mass is 9.78. The van der Waals surface area contributed by atoms with E-state index < -0.39 is 22.4 Å². The number of nitrogens with zero attached hydrogens (tertiary/aromatic N) is 4. The summed E-state index contributed by atoms with van der Waals surface area (Å²) in [7, 11) is 0. The molecule has 12 nitrogen and oxygen atoms in total. The Hall–Kier alpha value is -4.87. The van der Waals surface area contributed by atoms with Gasteiger partial charge >= 0.3 is 0 Å². The van der Waals surface area contributed by atoms with Gasteiger partial charge in [-0.15, -0.1) is 12.6 Å². The molecular weight excluding hydrogens is 1320 g/mol. The van der Waals surface area contributed by atoms with Gasteiger partial charge in [-0.25, -0.2) is 0 Å². The fourth-order valence-electron chi connectivity index (χ4n) is 9.00. The third kappa shape index (κ3) is 14.5. The largest absolute Gasteiger partial charge is 1.00 e. The number of hydrogen-bond acceptors (Lipinski definition) is 14. The molecule has 5 aromatic carbocycles. The number of nitrogens with two attached hydrogens (primary N) is 1. The number of thiazole rings is 2. The van der Waals surface area contributed by atoms with Crippen LogP contribution in [0.25, 0.3) is 26.0 Å². The van der Waals surface area contributed by atoms with Crippen LogP contribution in [0.2, 0.25) is 0 Å². The number of fused-ring (bicyclic) bond motifs is 9. The number of nitrogen functional groups attached to an aromatic ring is 1. The van der Waals surface area contributed by atoms with Gasteiger partial charge in [-0.05, 0) is 104 Å². The normalized spacial score (nSPS) is 15.5. The molecule has 13 rings (SSSR count). The van der Waals surface area contributed by atoms with E-state index in [0.717, 1.165) is 88.7 Å². The van der Waals surface area contributed by atoms with Crippen molar-refractivity contribution in [2.45, 2.75) is 87.1 Å². The van der Waals surface area contributed by atoms with Crippen LogP contribution in [0, 0.1) is 0 Å². The minimum atomic E-state index is -1.01. The number of carbonyl (C=O) groups excluding carboxylic acids is 2. The molecule has 0 fully saturated rings. The minimum Gasteiger partial charge on any atom is -1.00 e. The number of anilines is 2. The first-order chi connectivity index (χ1) is 36.4. The predicted molar refractivity (Wildman–Crippen MR) is 307 cm³/mol. The first-order valence-electron chi connectivity index (χ1n) is 24.5. The molecule has 402 valence electrons. The fraction of sp³-hybridized carbons (Fsp3) is 0.246. The highest BCUT2D eigenvalue weighted by molar-refractivity contribution is 9.09. The molecule has 0 spiro atoms. The molecule has 0 saturated carbocycles. The Kier molecular flexibility index (Phi) is 23.4. The van der Waals surface area contributed by atoms with Crippen molar-refractivity contribution >= 4 is 123 Å². The van der Waals surface area contributed by atoms with E-state index in [0.29, 0.717) is 17.6 Å². The Morgan fingerprint density at radius 1 is 0.740 bits per heavy atom. The van der Waals surface area contributed by atoms with E-state index in [-0.39, 0.29) is 57.7 Å². The Labute approximate surface area is 505 Å². The summed E-state index contributed by atoms with van der Waals surface area (Å²) in [5, 5.41) is 34.4. The third-order valence-electron chi connectivity index (χ3n) is 12.7. The molecule has 0 bridgehead atoms. The van der Waals surface area contributed by atoms with Crippen molar-refractivity contribution in [3.05, 3.63) is 186 Å². The quantitative estimate of drug-likeness (QED) is 0.0215. The number of rotatable bonds is 5. The van der Waals surface area contributed by atoms with E-state index in [1.54, 1.807) is 40.5 Å². The van der Waals surface area contributed by atoms with Crippen LogP contribution < -0.4 is 76.7 Å². The molecule has 77 heavy (non-hydrogen) atoms. The van der Waals surface area contributed by atoms with E-state index in [9.17, 15) is 24.3 Å². The zero-order chi connectivity index (χ0) is 53.0. The van der Waals surface area contributed by atoms with E-state index in [2.05, 4.69) is 108 Å². The minimum absolute atomic E-state index is 0. The second-order valence-electron chi connectivity index (χ2n) is 17.6. The monoisotopic (exact) mass is 1370 g/mol. The molecule has 5 aliphatic rings. The van der Waals surface area contributed by atoms with Crippen LogP contribution in [0.3, 0.4) is 0 Å². The molecule has 0 radical (unpaired) electrons. The molecule has 8 aromatic rings. The number of halogens is 4. The lowest BCUT2D eigenvalue weighted by Gasteiger charge is -2.37. The van der Waals surface area contributed by atoms with Crippen molar-refractivity contribution in [1.29, 1.82) is 0 Å². The van der Waals surface area contributed by atoms with Crippen molar-refractivity contribution in [1.82, 2.24) is 4.98 Å². The zero-order valence-electron chi connectivity index (χ0n) is 41.5. The highest BCUT2D eigenvalue weighted by Gasteiger charge is 2.41. The molecular formula is C57H54Br2ClIN5O7S4-. The van der Waals surface area contributed by atoms with Crippen LogP contribution in [-0.2, 0) is 29.1 Å². The zero-order valence-corrected chi connectivity index (χ0v) is 50.9. The first kappa shape index (κ1) is 61.3. The number of carbonyl (C=O) groups is 2. The number of allylic oxidation sites excluding steroid dienone is 4.